The van der Waals surface area contributed by atoms with Crippen molar-refractivity contribution >= 4 is 50.1 Å². The highest BCUT2D eigenvalue weighted by Gasteiger charge is 2.68. The molecule has 0 radical (unpaired) electrons. The fraction of sp³-hybridized carbons (Fsp3) is 0.200. The van der Waals surface area contributed by atoms with E-state index in [-0.39, 0.29) is 0 Å². The lowest BCUT2D eigenvalue weighted by Gasteiger charge is -2.60. The van der Waals surface area contributed by atoms with Crippen molar-refractivity contribution in [3.05, 3.63) is 121 Å². The Morgan fingerprint density at radius 1 is 0.294 bits per heavy atom. The van der Waals surface area contributed by atoms with Crippen LogP contribution >= 0.6 is 0 Å². The van der Waals surface area contributed by atoms with Crippen LogP contribution in [0.5, 0.6) is 0 Å². The molecule has 4 aromatic carbocycles. The highest BCUT2D eigenvalue weighted by Crippen LogP contribution is 2.37. The van der Waals surface area contributed by atoms with Gasteiger partial charge in [0.15, 0.2) is 0 Å². The molecule has 34 heavy (non-hydrogen) atoms. The molecule has 0 unspecified atom stereocenters. The van der Waals surface area contributed by atoms with E-state index in [2.05, 4.69) is 161 Å². The topological polar surface area (TPSA) is 0 Å². The van der Waals surface area contributed by atoms with Gasteiger partial charge in [0, 0.05) is 0 Å². The first-order chi connectivity index (χ1) is 16.2. The van der Waals surface area contributed by atoms with Crippen LogP contribution in [-0.4, -0.2) is 29.4 Å². The first kappa shape index (κ1) is 24.9. The minimum atomic E-state index is -2.16. The first-order valence-corrected chi connectivity index (χ1v) is 26.4. The molecule has 0 spiro atoms. The summed E-state index contributed by atoms with van der Waals surface area (Å²) in [4.78, 5) is 0. The standard InChI is InChI=1S/C30H38Si4/c1-31(2,27-19-11-7-12-20-27)34(30-25-17-10-18-26-30,32(3,4)28-21-13-8-14-22-28)33(5,6)29-23-15-9-16-24-29/h7-26H,1-6H3. The molecule has 0 saturated carbocycles. The average molecular weight is 511 g/mol. The fourth-order valence-electron chi connectivity index (χ4n) is 7.33. The quantitative estimate of drug-likeness (QED) is 0.291. The van der Waals surface area contributed by atoms with Gasteiger partial charge in [-0.15, -0.1) is 0 Å². The molecule has 4 aromatic rings. The zero-order valence-corrected chi connectivity index (χ0v) is 25.5. The minimum absolute atomic E-state index is 1.62. The first-order valence-electron chi connectivity index (χ1n) is 12.4. The number of benzene rings is 4. The van der Waals surface area contributed by atoms with Crippen LogP contribution in [-0.2, 0) is 0 Å². The van der Waals surface area contributed by atoms with Crippen molar-refractivity contribution in [1.82, 2.24) is 0 Å². The summed E-state index contributed by atoms with van der Waals surface area (Å²) in [6.07, 6.45) is 0. The van der Waals surface area contributed by atoms with E-state index >= 15 is 0 Å². The second-order valence-electron chi connectivity index (χ2n) is 11.1. The van der Waals surface area contributed by atoms with Gasteiger partial charge in [-0.25, -0.2) is 0 Å². The van der Waals surface area contributed by atoms with Gasteiger partial charge < -0.3 is 0 Å². The van der Waals surface area contributed by atoms with Gasteiger partial charge in [0.25, 0.3) is 0 Å². The molecule has 174 valence electrons. The molecule has 0 N–H and O–H groups in total. The molecular weight excluding hydrogens is 473 g/mol. The lowest BCUT2D eigenvalue weighted by molar-refractivity contribution is 1.68. The van der Waals surface area contributed by atoms with Crippen LogP contribution in [0.15, 0.2) is 121 Å². The molecule has 4 rings (SSSR count). The molecule has 0 aliphatic carbocycles. The maximum absolute atomic E-state index is 2.72. The van der Waals surface area contributed by atoms with Crippen LogP contribution in [0.3, 0.4) is 0 Å². The van der Waals surface area contributed by atoms with E-state index in [1.807, 2.05) is 0 Å². The van der Waals surface area contributed by atoms with Crippen molar-refractivity contribution in [2.45, 2.75) is 39.3 Å². The normalized spacial score (nSPS) is 13.0. The van der Waals surface area contributed by atoms with Gasteiger partial charge in [0.1, 0.15) is 0 Å². The molecule has 0 atom stereocenters. The summed E-state index contributed by atoms with van der Waals surface area (Å²) < 4.78 is 0. The Morgan fingerprint density at radius 2 is 0.500 bits per heavy atom. The monoisotopic (exact) mass is 510 g/mol. The van der Waals surface area contributed by atoms with Crippen LogP contribution in [0.4, 0.5) is 0 Å². The highest BCUT2D eigenvalue weighted by molar-refractivity contribution is 7.97. The van der Waals surface area contributed by atoms with E-state index in [1.54, 1.807) is 20.7 Å². The molecule has 0 aliphatic heterocycles. The Kier molecular flexibility index (Phi) is 6.89. The van der Waals surface area contributed by atoms with Gasteiger partial charge in [0.2, 0.25) is 0 Å². The Balaban J connectivity index is 2.20. The molecule has 0 bridgehead atoms. The number of hydrogen-bond donors (Lipinski definition) is 0. The summed E-state index contributed by atoms with van der Waals surface area (Å²) in [7, 11) is -5.92. The summed E-state index contributed by atoms with van der Waals surface area (Å²) in [5.41, 5.74) is 0. The van der Waals surface area contributed by atoms with Crippen LogP contribution in [0.1, 0.15) is 0 Å². The maximum Gasteiger partial charge on any atom is 0.0845 e. The van der Waals surface area contributed by atoms with E-state index in [9.17, 15) is 0 Å². The van der Waals surface area contributed by atoms with E-state index in [4.69, 9.17) is 0 Å². The third kappa shape index (κ3) is 3.77. The van der Waals surface area contributed by atoms with Crippen LogP contribution in [0.25, 0.3) is 0 Å². The summed E-state index contributed by atoms with van der Waals surface area (Å²) in [5.74, 6) is 0. The van der Waals surface area contributed by atoms with Crippen molar-refractivity contribution in [3.8, 4) is 0 Å². The summed E-state index contributed by atoms with van der Waals surface area (Å²) in [6.45, 7) is 14.2. The van der Waals surface area contributed by atoms with Crippen molar-refractivity contribution in [3.63, 3.8) is 0 Å². The zero-order chi connectivity index (χ0) is 24.5. The van der Waals surface area contributed by atoms with Gasteiger partial charge in [-0.2, -0.15) is 0 Å². The number of rotatable bonds is 7. The highest BCUT2D eigenvalue weighted by atomic mass is 29.9. The second kappa shape index (κ2) is 9.42. The Hall–Kier alpha value is -2.25. The summed E-state index contributed by atoms with van der Waals surface area (Å²) >= 11 is 0. The van der Waals surface area contributed by atoms with Gasteiger partial charge in [-0.3, -0.25) is 0 Å². The third-order valence-corrected chi connectivity index (χ3v) is 76.5. The second-order valence-corrected chi connectivity index (χ2v) is 47.1. The van der Waals surface area contributed by atoms with Crippen LogP contribution in [0.2, 0.25) is 39.3 Å². The predicted molar refractivity (Wildman–Crippen MR) is 163 cm³/mol. The van der Waals surface area contributed by atoms with Gasteiger partial charge in [-0.1, -0.05) is 181 Å². The fourth-order valence-corrected chi connectivity index (χ4v) is 96.7. The maximum atomic E-state index is 2.72. The van der Waals surface area contributed by atoms with E-state index in [0.29, 0.717) is 0 Å². The molecule has 0 aromatic heterocycles. The number of hydrogen-bond acceptors (Lipinski definition) is 0. The molecule has 0 saturated heterocycles. The molecule has 0 aliphatic rings. The molecule has 0 fully saturated rings. The lowest BCUT2D eigenvalue weighted by Crippen LogP contribution is -2.96. The summed E-state index contributed by atoms with van der Waals surface area (Å²) in [6, 6.07) is 46.6. The van der Waals surface area contributed by atoms with Crippen molar-refractivity contribution in [2.75, 3.05) is 0 Å². The van der Waals surface area contributed by atoms with Gasteiger partial charge >= 0.3 is 0 Å². The van der Waals surface area contributed by atoms with Crippen LogP contribution < -0.4 is 20.7 Å². The summed E-state index contributed by atoms with van der Waals surface area (Å²) in [5, 5.41) is 6.56. The van der Waals surface area contributed by atoms with Gasteiger partial charge in [0.05, 0.1) is 29.4 Å². The lowest BCUT2D eigenvalue weighted by atomic mass is 10.4. The van der Waals surface area contributed by atoms with E-state index < -0.39 is 29.4 Å². The van der Waals surface area contributed by atoms with E-state index in [1.165, 1.54) is 0 Å². The van der Waals surface area contributed by atoms with Crippen molar-refractivity contribution in [2.24, 2.45) is 0 Å². The zero-order valence-electron chi connectivity index (χ0n) is 21.5. The molecule has 4 heteroatoms. The third-order valence-electron chi connectivity index (χ3n) is 8.51. The molecule has 0 amide bonds. The molecular formula is C30H38Si4. The SMILES string of the molecule is C[Si](C)(c1ccccc1)[Si](c1ccccc1)([Si](C)(C)c1ccccc1)[Si](C)(C)c1ccccc1. The van der Waals surface area contributed by atoms with E-state index in [0.717, 1.165) is 0 Å². The van der Waals surface area contributed by atoms with Crippen LogP contribution in [0, 0.1) is 0 Å². The Morgan fingerprint density at radius 3 is 0.735 bits per heavy atom. The minimum Gasteiger partial charge on any atom is -0.0674 e. The Bertz CT molecular complexity index is 1080. The van der Waals surface area contributed by atoms with Crippen molar-refractivity contribution in [1.29, 1.82) is 0 Å². The van der Waals surface area contributed by atoms with Gasteiger partial charge in [-0.05, 0) is 0 Å². The smallest absolute Gasteiger partial charge is 0.0674 e. The molecule has 0 heterocycles. The van der Waals surface area contributed by atoms with Crippen molar-refractivity contribution < 1.29 is 0 Å². The average Bonchev–Trinajstić information content (AvgIpc) is 2.86. The Labute approximate surface area is 210 Å². The molecule has 0 nitrogen and oxygen atoms in total. The predicted octanol–water partition coefficient (Wildman–Crippen LogP) is 5.42. The largest absolute Gasteiger partial charge is 0.0845 e.